The van der Waals surface area contributed by atoms with Crippen molar-refractivity contribution in [2.45, 2.75) is 32.6 Å². The molecule has 0 unspecified atom stereocenters. The monoisotopic (exact) mass is 227 g/mol. The topological polar surface area (TPSA) is 33.0 Å². The van der Waals surface area contributed by atoms with Crippen LogP contribution >= 0.6 is 0 Å². The number of benzene rings is 1. The minimum absolute atomic E-state index is 0.767. The molecule has 0 saturated carbocycles. The lowest BCUT2D eigenvalue weighted by atomic mass is 10.2. The van der Waals surface area contributed by atoms with E-state index in [1.165, 1.54) is 19.3 Å². The number of hydrogen-bond donors (Lipinski definition) is 0. The van der Waals surface area contributed by atoms with Gasteiger partial charge in [-0.25, -0.2) is 0 Å². The second-order valence-corrected chi connectivity index (χ2v) is 3.80. The highest BCUT2D eigenvalue weighted by Gasteiger charge is 1.94. The second-order valence-electron chi connectivity index (χ2n) is 3.80. The van der Waals surface area contributed by atoms with Gasteiger partial charge in [0.05, 0.1) is 6.61 Å². The molecule has 2 nitrogen and oxygen atoms in total. The molecule has 0 bridgehead atoms. The highest BCUT2D eigenvalue weighted by molar-refractivity contribution is 5.40. The summed E-state index contributed by atoms with van der Waals surface area (Å²) < 4.78 is 5.60. The highest BCUT2D eigenvalue weighted by Crippen LogP contribution is 2.12. The van der Waals surface area contributed by atoms with Crippen LogP contribution in [0.2, 0.25) is 0 Å². The standard InChI is InChI=1S/C15H17NO/c1-2-3-4-5-13-17-15-10-8-14(9-11-15)7-6-12-16/h8-11H,2-5,13H2,1H3. The Labute approximate surface area is 103 Å². The molecule has 0 aliphatic carbocycles. The molecule has 2 heteroatoms. The molecular weight excluding hydrogens is 210 g/mol. The normalized spacial score (nSPS) is 8.94. The smallest absolute Gasteiger partial charge is 0.152 e. The van der Waals surface area contributed by atoms with Gasteiger partial charge in [-0.05, 0) is 30.7 Å². The largest absolute Gasteiger partial charge is 0.494 e. The molecule has 1 aromatic rings. The molecule has 0 spiro atoms. The van der Waals surface area contributed by atoms with Crippen LogP contribution in [0.25, 0.3) is 0 Å². The molecule has 0 atom stereocenters. The molecule has 0 saturated heterocycles. The van der Waals surface area contributed by atoms with Gasteiger partial charge in [0.1, 0.15) is 5.75 Å². The third kappa shape index (κ3) is 5.64. The Balaban J connectivity index is 2.33. The van der Waals surface area contributed by atoms with Crippen LogP contribution in [0.3, 0.4) is 0 Å². The molecule has 0 radical (unpaired) electrons. The number of hydrogen-bond acceptors (Lipinski definition) is 2. The van der Waals surface area contributed by atoms with Gasteiger partial charge < -0.3 is 4.74 Å². The molecule has 0 fully saturated rings. The predicted octanol–water partition coefficient (Wildman–Crippen LogP) is 3.52. The van der Waals surface area contributed by atoms with Crippen molar-refractivity contribution >= 4 is 0 Å². The maximum absolute atomic E-state index is 8.32. The van der Waals surface area contributed by atoms with Crippen molar-refractivity contribution in [3.05, 3.63) is 29.8 Å². The van der Waals surface area contributed by atoms with Gasteiger partial charge in [-0.1, -0.05) is 32.1 Å². The number of nitriles is 1. The summed E-state index contributed by atoms with van der Waals surface area (Å²) in [5, 5.41) is 8.32. The van der Waals surface area contributed by atoms with E-state index in [-0.39, 0.29) is 0 Å². The van der Waals surface area contributed by atoms with Crippen molar-refractivity contribution in [3.8, 4) is 23.7 Å². The summed E-state index contributed by atoms with van der Waals surface area (Å²) in [7, 11) is 0. The molecule has 0 N–H and O–H groups in total. The summed E-state index contributed by atoms with van der Waals surface area (Å²) in [5.41, 5.74) is 0.838. The van der Waals surface area contributed by atoms with Crippen LogP contribution in [0.15, 0.2) is 24.3 Å². The van der Waals surface area contributed by atoms with Crippen molar-refractivity contribution in [3.63, 3.8) is 0 Å². The van der Waals surface area contributed by atoms with Crippen LogP contribution in [0.5, 0.6) is 5.75 Å². The zero-order valence-electron chi connectivity index (χ0n) is 10.2. The van der Waals surface area contributed by atoms with E-state index in [1.54, 1.807) is 6.07 Å². The van der Waals surface area contributed by atoms with E-state index in [2.05, 4.69) is 18.8 Å². The predicted molar refractivity (Wildman–Crippen MR) is 68.6 cm³/mol. The summed E-state index contributed by atoms with van der Waals surface area (Å²) in [6.45, 7) is 2.96. The summed E-state index contributed by atoms with van der Waals surface area (Å²) in [5.74, 6) is 5.97. The van der Waals surface area contributed by atoms with Crippen molar-refractivity contribution in [1.29, 1.82) is 5.26 Å². The second kappa shape index (κ2) is 8.25. The fourth-order valence-electron chi connectivity index (χ4n) is 1.45. The van der Waals surface area contributed by atoms with E-state index in [0.29, 0.717) is 0 Å². The van der Waals surface area contributed by atoms with E-state index in [0.717, 1.165) is 24.3 Å². The fraction of sp³-hybridized carbons (Fsp3) is 0.400. The maximum atomic E-state index is 8.32. The number of nitrogens with zero attached hydrogens (tertiary/aromatic N) is 1. The van der Waals surface area contributed by atoms with Crippen molar-refractivity contribution in [2.75, 3.05) is 6.61 Å². The Hall–Kier alpha value is -1.93. The minimum atomic E-state index is 0.767. The number of unbranched alkanes of at least 4 members (excludes halogenated alkanes) is 3. The molecule has 1 aromatic carbocycles. The van der Waals surface area contributed by atoms with Crippen molar-refractivity contribution < 1.29 is 4.74 Å². The molecule has 17 heavy (non-hydrogen) atoms. The number of rotatable bonds is 6. The van der Waals surface area contributed by atoms with Crippen LogP contribution in [-0.2, 0) is 0 Å². The van der Waals surface area contributed by atoms with Crippen molar-refractivity contribution in [2.24, 2.45) is 0 Å². The van der Waals surface area contributed by atoms with Crippen molar-refractivity contribution in [1.82, 2.24) is 0 Å². The first-order chi connectivity index (χ1) is 8.36. The summed E-state index contributed by atoms with van der Waals surface area (Å²) in [6, 6.07) is 9.31. The average Bonchev–Trinajstić information content (AvgIpc) is 2.37. The fourth-order valence-corrected chi connectivity index (χ4v) is 1.45. The first-order valence-electron chi connectivity index (χ1n) is 5.99. The van der Waals surface area contributed by atoms with Crippen LogP contribution < -0.4 is 4.74 Å². The van der Waals surface area contributed by atoms with Crippen LogP contribution in [0, 0.1) is 23.2 Å². The van der Waals surface area contributed by atoms with Crippen LogP contribution in [0.1, 0.15) is 38.2 Å². The molecule has 0 amide bonds. The summed E-state index contributed by atoms with van der Waals surface area (Å²) in [6.07, 6.45) is 4.84. The maximum Gasteiger partial charge on any atom is 0.152 e. The van der Waals surface area contributed by atoms with E-state index < -0.39 is 0 Å². The van der Waals surface area contributed by atoms with E-state index in [4.69, 9.17) is 10.00 Å². The van der Waals surface area contributed by atoms with E-state index in [9.17, 15) is 0 Å². The van der Waals surface area contributed by atoms with Gasteiger partial charge in [0.15, 0.2) is 6.07 Å². The number of ether oxygens (including phenoxy) is 1. The first-order valence-corrected chi connectivity index (χ1v) is 5.99. The zero-order valence-corrected chi connectivity index (χ0v) is 10.2. The highest BCUT2D eigenvalue weighted by atomic mass is 16.5. The Bertz CT molecular complexity index is 417. The Morgan fingerprint density at radius 1 is 1.12 bits per heavy atom. The van der Waals surface area contributed by atoms with Gasteiger partial charge >= 0.3 is 0 Å². The van der Waals surface area contributed by atoms with Gasteiger partial charge in [-0.15, -0.1) is 0 Å². The van der Waals surface area contributed by atoms with Gasteiger partial charge in [-0.3, -0.25) is 0 Å². The minimum Gasteiger partial charge on any atom is -0.494 e. The molecule has 0 aliphatic rings. The van der Waals surface area contributed by atoms with Gasteiger partial charge in [0.25, 0.3) is 0 Å². The molecule has 0 aliphatic heterocycles. The van der Waals surface area contributed by atoms with Gasteiger partial charge in [0, 0.05) is 11.5 Å². The van der Waals surface area contributed by atoms with E-state index >= 15 is 0 Å². The van der Waals surface area contributed by atoms with E-state index in [1.807, 2.05) is 24.3 Å². The average molecular weight is 227 g/mol. The first kappa shape index (κ1) is 13.1. The lowest BCUT2D eigenvalue weighted by Gasteiger charge is -2.05. The quantitative estimate of drug-likeness (QED) is 0.550. The molecule has 0 heterocycles. The van der Waals surface area contributed by atoms with Crippen LogP contribution in [-0.4, -0.2) is 6.61 Å². The van der Waals surface area contributed by atoms with Gasteiger partial charge in [-0.2, -0.15) is 5.26 Å². The third-order valence-electron chi connectivity index (χ3n) is 2.38. The van der Waals surface area contributed by atoms with Crippen LogP contribution in [0.4, 0.5) is 0 Å². The lowest BCUT2D eigenvalue weighted by Crippen LogP contribution is -1.96. The molecule has 0 aromatic heterocycles. The third-order valence-corrected chi connectivity index (χ3v) is 2.38. The lowest BCUT2D eigenvalue weighted by molar-refractivity contribution is 0.305. The Morgan fingerprint density at radius 3 is 2.53 bits per heavy atom. The molecular formula is C15H17NO. The SMILES string of the molecule is CCCCCCOc1ccc(C#CC#N)cc1. The molecule has 88 valence electrons. The zero-order chi connectivity index (χ0) is 12.3. The van der Waals surface area contributed by atoms with Gasteiger partial charge in [0.2, 0.25) is 0 Å². The summed E-state index contributed by atoms with van der Waals surface area (Å²) >= 11 is 0. The Kier molecular flexibility index (Phi) is 6.37. The Morgan fingerprint density at radius 2 is 1.88 bits per heavy atom. The molecule has 1 rings (SSSR count). The summed E-state index contributed by atoms with van der Waals surface area (Å²) in [4.78, 5) is 0.